The number of hydrazone groups is 1. The molecule has 2 N–H and O–H groups in total. The number of ether oxygens (including phenoxy) is 2. The van der Waals surface area contributed by atoms with Crippen LogP contribution in [0, 0.1) is 6.92 Å². The first-order valence-electron chi connectivity index (χ1n) is 7.88. The topological polar surface area (TPSA) is 80.2 Å². The van der Waals surface area contributed by atoms with Crippen LogP contribution in [0.1, 0.15) is 18.1 Å². The summed E-state index contributed by atoms with van der Waals surface area (Å²) in [4.78, 5) is 11.9. The van der Waals surface area contributed by atoms with Gasteiger partial charge in [0.05, 0.1) is 28.4 Å². The number of aromatic hydroxyl groups is 1. The van der Waals surface area contributed by atoms with Crippen LogP contribution in [0.25, 0.3) is 0 Å². The molecule has 0 fully saturated rings. The number of amides is 1. The molecule has 0 saturated carbocycles. The van der Waals surface area contributed by atoms with E-state index >= 15 is 0 Å². The second kappa shape index (κ2) is 9.69. The molecule has 0 atom stereocenters. The summed E-state index contributed by atoms with van der Waals surface area (Å²) in [5.74, 6) is -0.0165. The monoisotopic (exact) mass is 430 g/mol. The first-order chi connectivity index (χ1) is 12.8. The molecule has 0 bridgehead atoms. The highest BCUT2D eigenvalue weighted by Gasteiger charge is 2.15. The maximum Gasteiger partial charge on any atom is 0.277 e. The van der Waals surface area contributed by atoms with Crippen LogP contribution in [0.3, 0.4) is 0 Å². The van der Waals surface area contributed by atoms with Gasteiger partial charge in [0.1, 0.15) is 5.75 Å². The second-order valence-corrected chi connectivity index (χ2v) is 6.58. The van der Waals surface area contributed by atoms with E-state index in [1.807, 2.05) is 6.92 Å². The summed E-state index contributed by atoms with van der Waals surface area (Å²) < 4.78 is 10.7. The summed E-state index contributed by atoms with van der Waals surface area (Å²) in [6.45, 7) is 3.66. The van der Waals surface area contributed by atoms with E-state index in [2.05, 4.69) is 10.5 Å². The fourth-order valence-electron chi connectivity index (χ4n) is 2.11. The van der Waals surface area contributed by atoms with Crippen LogP contribution in [0.4, 0.5) is 0 Å². The molecule has 2 aromatic carbocycles. The van der Waals surface area contributed by atoms with Crippen molar-refractivity contribution in [1.82, 2.24) is 5.43 Å². The summed E-state index contributed by atoms with van der Waals surface area (Å²) in [5, 5.41) is 14.8. The van der Waals surface area contributed by atoms with Crippen LogP contribution in [-0.4, -0.2) is 30.4 Å². The molecular weight excluding hydrogens is 415 g/mol. The highest BCUT2D eigenvalue weighted by Crippen LogP contribution is 2.39. The number of nitrogens with one attached hydrogen (secondary N) is 1. The molecule has 0 spiro atoms. The first kappa shape index (κ1) is 21.2. The Hall–Kier alpha value is -2.15. The van der Waals surface area contributed by atoms with E-state index in [4.69, 9.17) is 44.3 Å². The zero-order valence-corrected chi connectivity index (χ0v) is 16.8. The Balaban J connectivity index is 2.01. The summed E-state index contributed by atoms with van der Waals surface area (Å²) in [6.07, 6.45) is 1.18. The average Bonchev–Trinajstić information content (AvgIpc) is 2.62. The highest BCUT2D eigenvalue weighted by atomic mass is 35.5. The maximum absolute atomic E-state index is 11.9. The van der Waals surface area contributed by atoms with E-state index in [-0.39, 0.29) is 33.7 Å². The maximum atomic E-state index is 11.9. The number of hydrogen-bond donors (Lipinski definition) is 2. The van der Waals surface area contributed by atoms with Crippen molar-refractivity contribution in [1.29, 1.82) is 0 Å². The third kappa shape index (κ3) is 5.66. The molecule has 2 rings (SSSR count). The molecule has 0 saturated heterocycles. The SMILES string of the molecule is CCOc1cc(Cl)c(Cl)c(/C=N/NC(=O)COc2ccc(Cl)cc2C)c1O. The van der Waals surface area contributed by atoms with E-state index in [9.17, 15) is 9.90 Å². The Morgan fingerprint density at radius 3 is 2.63 bits per heavy atom. The number of hydrogen-bond acceptors (Lipinski definition) is 5. The fourth-order valence-corrected chi connectivity index (χ4v) is 2.74. The quantitative estimate of drug-likeness (QED) is 0.496. The molecule has 27 heavy (non-hydrogen) atoms. The molecule has 0 heterocycles. The molecular formula is C18H17Cl3N2O4. The third-order valence-corrected chi connectivity index (χ3v) is 4.41. The number of halogens is 3. The van der Waals surface area contributed by atoms with Crippen LogP contribution in [0.5, 0.6) is 17.2 Å². The second-order valence-electron chi connectivity index (χ2n) is 5.36. The lowest BCUT2D eigenvalue weighted by Crippen LogP contribution is -2.24. The van der Waals surface area contributed by atoms with Crippen molar-refractivity contribution in [3.63, 3.8) is 0 Å². The van der Waals surface area contributed by atoms with Gasteiger partial charge >= 0.3 is 0 Å². The van der Waals surface area contributed by atoms with Gasteiger partial charge in [-0.15, -0.1) is 0 Å². The Kier molecular flexibility index (Phi) is 7.59. The largest absolute Gasteiger partial charge is 0.504 e. The molecule has 0 aliphatic heterocycles. The molecule has 9 heteroatoms. The van der Waals surface area contributed by atoms with Crippen molar-refractivity contribution < 1.29 is 19.4 Å². The fraction of sp³-hybridized carbons (Fsp3) is 0.222. The Morgan fingerprint density at radius 1 is 1.22 bits per heavy atom. The lowest BCUT2D eigenvalue weighted by atomic mass is 10.2. The minimum absolute atomic E-state index is 0.0867. The normalized spacial score (nSPS) is 10.9. The van der Waals surface area contributed by atoms with Crippen molar-refractivity contribution in [2.24, 2.45) is 5.10 Å². The summed E-state index contributed by atoms with van der Waals surface area (Å²) >= 11 is 18.0. The van der Waals surface area contributed by atoms with Gasteiger partial charge in [0.15, 0.2) is 18.1 Å². The first-order valence-corrected chi connectivity index (χ1v) is 9.01. The van der Waals surface area contributed by atoms with Crippen molar-refractivity contribution in [2.45, 2.75) is 13.8 Å². The highest BCUT2D eigenvalue weighted by molar-refractivity contribution is 6.43. The predicted octanol–water partition coefficient (Wildman–Crippen LogP) is 4.59. The van der Waals surface area contributed by atoms with Crippen LogP contribution >= 0.6 is 34.8 Å². The number of carbonyl (C=O) groups is 1. The molecule has 0 aliphatic rings. The standard InChI is InChI=1S/C18H17Cl3N2O4/c1-3-26-15-7-13(20)17(21)12(18(15)25)8-22-23-16(24)9-27-14-5-4-11(19)6-10(14)2/h4-8,25H,3,9H2,1-2H3,(H,23,24)/b22-8+. The third-order valence-electron chi connectivity index (χ3n) is 3.37. The van der Waals surface area contributed by atoms with Gasteiger partial charge in [0, 0.05) is 11.1 Å². The van der Waals surface area contributed by atoms with Crippen LogP contribution in [0.2, 0.25) is 15.1 Å². The predicted molar refractivity (Wildman–Crippen MR) is 107 cm³/mol. The van der Waals surface area contributed by atoms with E-state index < -0.39 is 5.91 Å². The zero-order valence-electron chi connectivity index (χ0n) is 14.6. The minimum Gasteiger partial charge on any atom is -0.504 e. The molecule has 144 valence electrons. The average molecular weight is 432 g/mol. The van der Waals surface area contributed by atoms with E-state index in [0.29, 0.717) is 17.4 Å². The number of phenols is 1. The molecule has 0 aliphatic carbocycles. The minimum atomic E-state index is -0.497. The van der Waals surface area contributed by atoms with Gasteiger partial charge in [-0.05, 0) is 37.6 Å². The van der Waals surface area contributed by atoms with Crippen molar-refractivity contribution in [3.05, 3.63) is 50.5 Å². The van der Waals surface area contributed by atoms with Gasteiger partial charge in [-0.1, -0.05) is 34.8 Å². The number of phenolic OH excluding ortho intramolecular Hbond substituents is 1. The van der Waals surface area contributed by atoms with Crippen LogP contribution in [-0.2, 0) is 4.79 Å². The Morgan fingerprint density at radius 2 is 1.96 bits per heavy atom. The molecule has 2 aromatic rings. The van der Waals surface area contributed by atoms with Gasteiger partial charge in [-0.25, -0.2) is 5.43 Å². The van der Waals surface area contributed by atoms with Crippen molar-refractivity contribution in [3.8, 4) is 17.2 Å². The van der Waals surface area contributed by atoms with Crippen molar-refractivity contribution in [2.75, 3.05) is 13.2 Å². The lowest BCUT2D eigenvalue weighted by Gasteiger charge is -2.11. The lowest BCUT2D eigenvalue weighted by molar-refractivity contribution is -0.123. The van der Waals surface area contributed by atoms with Crippen LogP contribution in [0.15, 0.2) is 29.4 Å². The van der Waals surface area contributed by atoms with E-state index in [0.717, 1.165) is 5.56 Å². The number of aryl methyl sites for hydroxylation is 1. The summed E-state index contributed by atoms with van der Waals surface area (Å²) in [5.41, 5.74) is 3.21. The summed E-state index contributed by atoms with van der Waals surface area (Å²) in [7, 11) is 0. The van der Waals surface area contributed by atoms with E-state index in [1.54, 1.807) is 25.1 Å². The van der Waals surface area contributed by atoms with Crippen molar-refractivity contribution >= 4 is 46.9 Å². The van der Waals surface area contributed by atoms with Gasteiger partial charge in [-0.3, -0.25) is 4.79 Å². The van der Waals surface area contributed by atoms with Gasteiger partial charge in [0.25, 0.3) is 5.91 Å². The zero-order chi connectivity index (χ0) is 20.0. The molecule has 1 amide bonds. The molecule has 0 unspecified atom stereocenters. The Labute approximate surface area is 171 Å². The van der Waals surface area contributed by atoms with Gasteiger partial charge < -0.3 is 14.6 Å². The molecule has 0 radical (unpaired) electrons. The molecule has 0 aromatic heterocycles. The number of nitrogens with zero attached hydrogens (tertiary/aromatic N) is 1. The van der Waals surface area contributed by atoms with Gasteiger partial charge in [0.2, 0.25) is 0 Å². The molecule has 6 nitrogen and oxygen atoms in total. The van der Waals surface area contributed by atoms with Crippen LogP contribution < -0.4 is 14.9 Å². The summed E-state index contributed by atoms with van der Waals surface area (Å²) in [6, 6.07) is 6.47. The number of carbonyl (C=O) groups excluding carboxylic acids is 1. The van der Waals surface area contributed by atoms with Gasteiger partial charge in [-0.2, -0.15) is 5.10 Å². The van der Waals surface area contributed by atoms with E-state index in [1.165, 1.54) is 12.3 Å². The smallest absolute Gasteiger partial charge is 0.277 e. The Bertz CT molecular complexity index is 872. The number of rotatable bonds is 7. The number of benzene rings is 2.